The average Bonchev–Trinajstić information content (AvgIpc) is 2.76. The van der Waals surface area contributed by atoms with Gasteiger partial charge in [0.05, 0.1) is 17.8 Å². The lowest BCUT2D eigenvalue weighted by molar-refractivity contribution is -0.137. The number of alkyl halides is 3. The van der Waals surface area contributed by atoms with E-state index in [9.17, 15) is 22.4 Å². The second-order valence-corrected chi connectivity index (χ2v) is 6.28. The standard InChI is InChI=1S/C21H17F4N3O3/c22-16-6-4-14(5-7-16)18-8-9-20(28-27-18)30-11-10-26-19(29)13-31-17-3-1-2-15(12-17)21(23,24)25/h1-9,12H,10-11,13H2,(H,26,29). The molecule has 3 rings (SSSR count). The molecule has 1 heterocycles. The fraction of sp³-hybridized carbons (Fsp3) is 0.190. The first kappa shape index (κ1) is 22.0. The van der Waals surface area contributed by atoms with Gasteiger partial charge in [0.15, 0.2) is 6.61 Å². The first-order valence-corrected chi connectivity index (χ1v) is 9.10. The van der Waals surface area contributed by atoms with Gasteiger partial charge in [0.1, 0.15) is 18.2 Å². The predicted molar refractivity (Wildman–Crippen MR) is 103 cm³/mol. The minimum Gasteiger partial charge on any atom is -0.484 e. The Morgan fingerprint density at radius 2 is 1.74 bits per heavy atom. The van der Waals surface area contributed by atoms with Gasteiger partial charge >= 0.3 is 6.18 Å². The lowest BCUT2D eigenvalue weighted by Gasteiger charge is -2.10. The molecule has 0 aliphatic carbocycles. The molecule has 2 aromatic carbocycles. The number of nitrogens with one attached hydrogen (secondary N) is 1. The molecule has 31 heavy (non-hydrogen) atoms. The van der Waals surface area contributed by atoms with E-state index in [2.05, 4.69) is 15.5 Å². The van der Waals surface area contributed by atoms with Crippen LogP contribution in [0.4, 0.5) is 17.6 Å². The molecule has 1 N–H and O–H groups in total. The summed E-state index contributed by atoms with van der Waals surface area (Å²) in [5.41, 5.74) is 0.395. The van der Waals surface area contributed by atoms with E-state index >= 15 is 0 Å². The third-order valence-electron chi connectivity index (χ3n) is 3.99. The zero-order valence-electron chi connectivity index (χ0n) is 16.0. The summed E-state index contributed by atoms with van der Waals surface area (Å²) in [5.74, 6) is -0.684. The van der Waals surface area contributed by atoms with Crippen molar-refractivity contribution in [1.29, 1.82) is 0 Å². The van der Waals surface area contributed by atoms with Gasteiger partial charge in [-0.25, -0.2) is 4.39 Å². The van der Waals surface area contributed by atoms with Gasteiger partial charge in [-0.15, -0.1) is 10.2 Å². The number of halogens is 4. The van der Waals surface area contributed by atoms with Gasteiger partial charge in [-0.2, -0.15) is 13.2 Å². The van der Waals surface area contributed by atoms with Gasteiger partial charge in [0.25, 0.3) is 5.91 Å². The Labute approximate surface area is 174 Å². The molecular weight excluding hydrogens is 418 g/mol. The van der Waals surface area contributed by atoms with Crippen molar-refractivity contribution in [2.45, 2.75) is 6.18 Å². The fourth-order valence-corrected chi connectivity index (χ4v) is 2.48. The Kier molecular flexibility index (Phi) is 7.01. The van der Waals surface area contributed by atoms with Crippen LogP contribution in [0.25, 0.3) is 11.3 Å². The lowest BCUT2D eigenvalue weighted by Crippen LogP contribution is -2.32. The molecule has 10 heteroatoms. The number of aromatic nitrogens is 2. The number of nitrogens with zero attached hydrogens (tertiary/aromatic N) is 2. The summed E-state index contributed by atoms with van der Waals surface area (Å²) in [6, 6.07) is 13.3. The first-order valence-electron chi connectivity index (χ1n) is 9.10. The topological polar surface area (TPSA) is 73.3 Å². The lowest BCUT2D eigenvalue weighted by atomic mass is 10.1. The molecule has 0 aliphatic rings. The molecule has 0 radical (unpaired) electrons. The number of ether oxygens (including phenoxy) is 2. The van der Waals surface area contributed by atoms with Crippen molar-refractivity contribution in [3.8, 4) is 22.9 Å². The highest BCUT2D eigenvalue weighted by Crippen LogP contribution is 2.31. The SMILES string of the molecule is O=C(COc1cccc(C(F)(F)F)c1)NCCOc1ccc(-c2ccc(F)cc2)nn1. The molecular formula is C21H17F4N3O3. The van der Waals surface area contributed by atoms with Crippen molar-refractivity contribution in [3.05, 3.63) is 72.0 Å². The van der Waals surface area contributed by atoms with Gasteiger partial charge in [0, 0.05) is 11.6 Å². The maximum Gasteiger partial charge on any atom is 0.416 e. The highest BCUT2D eigenvalue weighted by molar-refractivity contribution is 5.77. The number of hydrogen-bond donors (Lipinski definition) is 1. The van der Waals surface area contributed by atoms with Crippen LogP contribution in [0.15, 0.2) is 60.7 Å². The summed E-state index contributed by atoms with van der Waals surface area (Å²) in [6.45, 7) is -0.209. The van der Waals surface area contributed by atoms with Crippen molar-refractivity contribution < 1.29 is 31.8 Å². The van der Waals surface area contributed by atoms with Gasteiger partial charge in [-0.1, -0.05) is 6.07 Å². The van der Waals surface area contributed by atoms with E-state index in [1.54, 1.807) is 24.3 Å². The third-order valence-corrected chi connectivity index (χ3v) is 3.99. The van der Waals surface area contributed by atoms with Crippen molar-refractivity contribution in [2.24, 2.45) is 0 Å². The average molecular weight is 435 g/mol. The minimum atomic E-state index is -4.49. The highest BCUT2D eigenvalue weighted by Gasteiger charge is 2.30. The van der Waals surface area contributed by atoms with E-state index in [0.717, 1.165) is 12.1 Å². The minimum absolute atomic E-state index is 0.0576. The molecule has 3 aromatic rings. The largest absolute Gasteiger partial charge is 0.484 e. The number of amides is 1. The van der Waals surface area contributed by atoms with Crippen LogP contribution in [0.2, 0.25) is 0 Å². The van der Waals surface area contributed by atoms with Gasteiger partial charge < -0.3 is 14.8 Å². The smallest absolute Gasteiger partial charge is 0.416 e. The molecule has 0 saturated heterocycles. The second-order valence-electron chi connectivity index (χ2n) is 6.28. The Balaban J connectivity index is 1.38. The Hall–Kier alpha value is -3.69. The summed E-state index contributed by atoms with van der Waals surface area (Å²) in [6.07, 6.45) is -4.49. The number of hydrogen-bond acceptors (Lipinski definition) is 5. The van der Waals surface area contributed by atoms with Crippen LogP contribution < -0.4 is 14.8 Å². The molecule has 1 amide bonds. The molecule has 1 aromatic heterocycles. The van der Waals surface area contributed by atoms with Crippen LogP contribution in [-0.4, -0.2) is 35.9 Å². The summed E-state index contributed by atoms with van der Waals surface area (Å²) in [4.78, 5) is 11.8. The first-order chi connectivity index (χ1) is 14.8. The van der Waals surface area contributed by atoms with Crippen LogP contribution in [-0.2, 0) is 11.0 Å². The molecule has 0 unspecified atom stereocenters. The molecule has 0 aliphatic heterocycles. The number of carbonyl (C=O) groups excluding carboxylic acids is 1. The zero-order chi connectivity index (χ0) is 22.3. The second kappa shape index (κ2) is 9.88. The number of benzene rings is 2. The van der Waals surface area contributed by atoms with Gasteiger partial charge in [0.2, 0.25) is 5.88 Å². The Morgan fingerprint density at radius 3 is 2.42 bits per heavy atom. The van der Waals surface area contributed by atoms with Crippen LogP contribution in [0, 0.1) is 5.82 Å². The Morgan fingerprint density at radius 1 is 0.968 bits per heavy atom. The molecule has 6 nitrogen and oxygen atoms in total. The molecule has 0 spiro atoms. The number of carbonyl (C=O) groups is 1. The van der Waals surface area contributed by atoms with Crippen LogP contribution in [0.1, 0.15) is 5.56 Å². The van der Waals surface area contributed by atoms with Crippen molar-refractivity contribution >= 4 is 5.91 Å². The van der Waals surface area contributed by atoms with Crippen LogP contribution in [0.5, 0.6) is 11.6 Å². The van der Waals surface area contributed by atoms with E-state index in [4.69, 9.17) is 9.47 Å². The van der Waals surface area contributed by atoms with E-state index in [-0.39, 0.29) is 30.6 Å². The maximum absolute atomic E-state index is 13.0. The molecule has 0 bridgehead atoms. The monoisotopic (exact) mass is 435 g/mol. The van der Waals surface area contributed by atoms with Crippen LogP contribution >= 0.6 is 0 Å². The fourth-order valence-electron chi connectivity index (χ4n) is 2.48. The summed E-state index contributed by atoms with van der Waals surface area (Å²) in [7, 11) is 0. The summed E-state index contributed by atoms with van der Waals surface area (Å²) < 4.78 is 61.4. The van der Waals surface area contributed by atoms with Crippen molar-refractivity contribution in [2.75, 3.05) is 19.8 Å². The van der Waals surface area contributed by atoms with E-state index < -0.39 is 24.3 Å². The normalized spacial score (nSPS) is 11.1. The summed E-state index contributed by atoms with van der Waals surface area (Å²) >= 11 is 0. The van der Waals surface area contributed by atoms with Gasteiger partial charge in [-0.3, -0.25) is 4.79 Å². The predicted octanol–water partition coefficient (Wildman–Crippen LogP) is 3.88. The summed E-state index contributed by atoms with van der Waals surface area (Å²) in [5, 5.41) is 10.4. The molecule has 162 valence electrons. The van der Waals surface area contributed by atoms with Crippen molar-refractivity contribution in [3.63, 3.8) is 0 Å². The van der Waals surface area contributed by atoms with E-state index in [1.165, 1.54) is 24.3 Å². The van der Waals surface area contributed by atoms with E-state index in [0.29, 0.717) is 11.3 Å². The molecule has 0 atom stereocenters. The maximum atomic E-state index is 13.0. The van der Waals surface area contributed by atoms with Crippen LogP contribution in [0.3, 0.4) is 0 Å². The zero-order valence-corrected chi connectivity index (χ0v) is 16.0. The quantitative estimate of drug-likeness (QED) is 0.430. The third kappa shape index (κ3) is 6.66. The number of rotatable bonds is 8. The Bertz CT molecular complexity index is 1010. The molecule has 0 fully saturated rings. The highest BCUT2D eigenvalue weighted by atomic mass is 19.4. The molecule has 0 saturated carbocycles. The van der Waals surface area contributed by atoms with Gasteiger partial charge in [-0.05, 0) is 48.5 Å². The van der Waals surface area contributed by atoms with E-state index in [1.807, 2.05) is 0 Å². The van der Waals surface area contributed by atoms with Crippen molar-refractivity contribution in [1.82, 2.24) is 15.5 Å².